The van der Waals surface area contributed by atoms with Gasteiger partial charge in [-0.15, -0.1) is 0 Å². The SMILES string of the molecule is CCNC(=O)CNC1c2ccccc2Oc2ccccc21. The molecule has 0 radical (unpaired) electrons. The summed E-state index contributed by atoms with van der Waals surface area (Å²) in [5.41, 5.74) is 2.11. The molecular formula is C17H18N2O2. The van der Waals surface area contributed by atoms with Crippen molar-refractivity contribution in [3.63, 3.8) is 0 Å². The predicted molar refractivity (Wildman–Crippen MR) is 81.5 cm³/mol. The number of likely N-dealkylation sites (N-methyl/N-ethyl adjacent to an activating group) is 1. The number of para-hydroxylation sites is 2. The Morgan fingerprint density at radius 2 is 1.62 bits per heavy atom. The van der Waals surface area contributed by atoms with Crippen LogP contribution in [0.15, 0.2) is 48.5 Å². The molecule has 0 spiro atoms. The summed E-state index contributed by atoms with van der Waals surface area (Å²) in [7, 11) is 0. The molecule has 0 saturated heterocycles. The average Bonchev–Trinajstić information content (AvgIpc) is 2.51. The molecule has 2 N–H and O–H groups in total. The van der Waals surface area contributed by atoms with E-state index in [9.17, 15) is 4.79 Å². The van der Waals surface area contributed by atoms with Crippen LogP contribution in [0.3, 0.4) is 0 Å². The molecule has 1 amide bonds. The summed E-state index contributed by atoms with van der Waals surface area (Å²) >= 11 is 0. The van der Waals surface area contributed by atoms with Gasteiger partial charge in [0, 0.05) is 17.7 Å². The Labute approximate surface area is 124 Å². The highest BCUT2D eigenvalue weighted by Crippen LogP contribution is 2.42. The molecule has 0 saturated carbocycles. The molecular weight excluding hydrogens is 264 g/mol. The number of ether oxygens (including phenoxy) is 1. The van der Waals surface area contributed by atoms with E-state index < -0.39 is 0 Å². The van der Waals surface area contributed by atoms with Gasteiger partial charge in [-0.05, 0) is 19.1 Å². The summed E-state index contributed by atoms with van der Waals surface area (Å²) in [6.07, 6.45) is 0. The Morgan fingerprint density at radius 3 is 2.19 bits per heavy atom. The fourth-order valence-electron chi connectivity index (χ4n) is 2.58. The lowest BCUT2D eigenvalue weighted by Gasteiger charge is -2.28. The first-order valence-electron chi connectivity index (χ1n) is 7.15. The number of carbonyl (C=O) groups is 1. The van der Waals surface area contributed by atoms with Crippen LogP contribution in [0.4, 0.5) is 0 Å². The molecule has 0 aliphatic carbocycles. The van der Waals surface area contributed by atoms with Crippen molar-refractivity contribution >= 4 is 5.91 Å². The molecule has 21 heavy (non-hydrogen) atoms. The van der Waals surface area contributed by atoms with E-state index in [-0.39, 0.29) is 18.5 Å². The molecule has 0 fully saturated rings. The topological polar surface area (TPSA) is 50.4 Å². The lowest BCUT2D eigenvalue weighted by Crippen LogP contribution is -2.36. The molecule has 0 bridgehead atoms. The minimum absolute atomic E-state index is 0.000968. The highest BCUT2D eigenvalue weighted by Gasteiger charge is 2.26. The third-order valence-electron chi connectivity index (χ3n) is 3.52. The number of benzene rings is 2. The van der Waals surface area contributed by atoms with Gasteiger partial charge < -0.3 is 10.1 Å². The molecule has 4 nitrogen and oxygen atoms in total. The molecule has 2 aromatic carbocycles. The first kappa shape index (κ1) is 13.6. The standard InChI is InChI=1S/C17H18N2O2/c1-2-18-16(20)11-19-17-12-7-3-5-9-14(12)21-15-10-6-4-8-13(15)17/h3-10,17,19H,2,11H2,1H3,(H,18,20). The smallest absolute Gasteiger partial charge is 0.233 e. The highest BCUT2D eigenvalue weighted by molar-refractivity contribution is 5.78. The minimum atomic E-state index is -0.0336. The molecule has 2 aromatic rings. The van der Waals surface area contributed by atoms with Crippen LogP contribution in [-0.2, 0) is 4.79 Å². The van der Waals surface area contributed by atoms with E-state index >= 15 is 0 Å². The van der Waals surface area contributed by atoms with Crippen LogP contribution >= 0.6 is 0 Å². The Balaban J connectivity index is 1.89. The fraction of sp³-hybridized carbons (Fsp3) is 0.235. The monoisotopic (exact) mass is 282 g/mol. The van der Waals surface area contributed by atoms with Crippen molar-refractivity contribution in [2.75, 3.05) is 13.1 Å². The summed E-state index contributed by atoms with van der Waals surface area (Å²) in [6, 6.07) is 15.8. The van der Waals surface area contributed by atoms with Gasteiger partial charge in [-0.3, -0.25) is 10.1 Å². The Bertz CT molecular complexity index is 609. The van der Waals surface area contributed by atoms with E-state index in [1.54, 1.807) is 0 Å². The number of rotatable bonds is 4. The largest absolute Gasteiger partial charge is 0.457 e. The Morgan fingerprint density at radius 1 is 1.05 bits per heavy atom. The molecule has 3 rings (SSSR count). The van der Waals surface area contributed by atoms with Crippen LogP contribution in [0, 0.1) is 0 Å². The Kier molecular flexibility index (Phi) is 3.88. The molecule has 108 valence electrons. The van der Waals surface area contributed by atoms with Crippen molar-refractivity contribution < 1.29 is 9.53 Å². The van der Waals surface area contributed by atoms with E-state index in [0.717, 1.165) is 22.6 Å². The Hall–Kier alpha value is -2.33. The number of hydrogen-bond donors (Lipinski definition) is 2. The normalized spacial score (nSPS) is 13.0. The number of amides is 1. The van der Waals surface area contributed by atoms with Crippen molar-refractivity contribution in [1.82, 2.24) is 10.6 Å². The molecule has 0 unspecified atom stereocenters. The first-order chi connectivity index (χ1) is 10.3. The zero-order chi connectivity index (χ0) is 14.7. The van der Waals surface area contributed by atoms with Gasteiger partial charge in [0.1, 0.15) is 11.5 Å². The third kappa shape index (κ3) is 2.76. The average molecular weight is 282 g/mol. The fourth-order valence-corrected chi connectivity index (χ4v) is 2.58. The second kappa shape index (κ2) is 5.97. The molecule has 1 heterocycles. The molecule has 1 aliphatic heterocycles. The quantitative estimate of drug-likeness (QED) is 0.906. The van der Waals surface area contributed by atoms with Crippen molar-refractivity contribution in [3.8, 4) is 11.5 Å². The van der Waals surface area contributed by atoms with Gasteiger partial charge in [0.15, 0.2) is 0 Å². The maximum atomic E-state index is 11.7. The van der Waals surface area contributed by atoms with Gasteiger partial charge in [0.05, 0.1) is 12.6 Å². The van der Waals surface area contributed by atoms with Gasteiger partial charge in [0.2, 0.25) is 5.91 Å². The zero-order valence-corrected chi connectivity index (χ0v) is 11.9. The van der Waals surface area contributed by atoms with Crippen molar-refractivity contribution in [1.29, 1.82) is 0 Å². The van der Waals surface area contributed by atoms with Gasteiger partial charge in [0.25, 0.3) is 0 Å². The second-order valence-electron chi connectivity index (χ2n) is 4.95. The number of carbonyl (C=O) groups excluding carboxylic acids is 1. The summed E-state index contributed by atoms with van der Waals surface area (Å²) in [5.74, 6) is 1.67. The summed E-state index contributed by atoms with van der Waals surface area (Å²) in [4.78, 5) is 11.7. The van der Waals surface area contributed by atoms with Gasteiger partial charge in [-0.2, -0.15) is 0 Å². The van der Waals surface area contributed by atoms with E-state index in [4.69, 9.17) is 4.74 Å². The molecule has 0 atom stereocenters. The van der Waals surface area contributed by atoms with Gasteiger partial charge in [-0.1, -0.05) is 36.4 Å². The van der Waals surface area contributed by atoms with E-state index in [1.165, 1.54) is 0 Å². The summed E-state index contributed by atoms with van der Waals surface area (Å²) in [5, 5.41) is 6.13. The summed E-state index contributed by atoms with van der Waals surface area (Å²) < 4.78 is 5.92. The third-order valence-corrected chi connectivity index (χ3v) is 3.52. The zero-order valence-electron chi connectivity index (χ0n) is 11.9. The van der Waals surface area contributed by atoms with E-state index in [0.29, 0.717) is 6.54 Å². The maximum Gasteiger partial charge on any atom is 0.233 e. The van der Waals surface area contributed by atoms with Crippen LogP contribution in [-0.4, -0.2) is 19.0 Å². The van der Waals surface area contributed by atoms with Crippen molar-refractivity contribution in [2.45, 2.75) is 13.0 Å². The lowest BCUT2D eigenvalue weighted by molar-refractivity contribution is -0.120. The minimum Gasteiger partial charge on any atom is -0.457 e. The number of nitrogens with one attached hydrogen (secondary N) is 2. The number of fused-ring (bicyclic) bond motifs is 2. The first-order valence-corrected chi connectivity index (χ1v) is 7.15. The maximum absolute atomic E-state index is 11.7. The lowest BCUT2D eigenvalue weighted by atomic mass is 9.94. The molecule has 4 heteroatoms. The van der Waals surface area contributed by atoms with Crippen LogP contribution in [0.1, 0.15) is 24.1 Å². The molecule has 1 aliphatic rings. The molecule has 0 aromatic heterocycles. The number of hydrogen-bond acceptors (Lipinski definition) is 3. The summed E-state index contributed by atoms with van der Waals surface area (Å²) in [6.45, 7) is 2.83. The van der Waals surface area contributed by atoms with Gasteiger partial charge >= 0.3 is 0 Å². The second-order valence-corrected chi connectivity index (χ2v) is 4.95. The van der Waals surface area contributed by atoms with Crippen LogP contribution < -0.4 is 15.4 Å². The van der Waals surface area contributed by atoms with Crippen LogP contribution in [0.5, 0.6) is 11.5 Å². The highest BCUT2D eigenvalue weighted by atomic mass is 16.5. The van der Waals surface area contributed by atoms with Gasteiger partial charge in [-0.25, -0.2) is 0 Å². The van der Waals surface area contributed by atoms with Crippen LogP contribution in [0.25, 0.3) is 0 Å². The van der Waals surface area contributed by atoms with E-state index in [1.807, 2.05) is 55.5 Å². The van der Waals surface area contributed by atoms with Crippen LogP contribution in [0.2, 0.25) is 0 Å². The predicted octanol–water partition coefficient (Wildman–Crippen LogP) is 2.61. The van der Waals surface area contributed by atoms with Crippen molar-refractivity contribution in [2.24, 2.45) is 0 Å². The van der Waals surface area contributed by atoms with E-state index in [2.05, 4.69) is 10.6 Å². The van der Waals surface area contributed by atoms with Crippen molar-refractivity contribution in [3.05, 3.63) is 59.7 Å².